The van der Waals surface area contributed by atoms with Gasteiger partial charge < -0.3 is 25.6 Å². The van der Waals surface area contributed by atoms with Crippen LogP contribution in [0.15, 0.2) is 48.5 Å². The van der Waals surface area contributed by atoms with Crippen molar-refractivity contribution in [3.05, 3.63) is 81.7 Å². The standard InChI is InChI=1S/C35H36FN7O5S2/c1-21-19-26(41-42-32(21)40-35-38-25-10-4-5-12-28(25)49-35)24(11-6-14-30(44)45)37-34-39-31(33(46)47)29(50-34)13-8-18-48-27-16-15-22(20-23(27)36)9-7-17-43(2)3/h4-5,10,12,15-16,19-20,24H,6,8,11,13-14,17-18H2,1-3H3,(H,37,39)(H,44,45)(H,46,47)(H,38,40,42). The molecule has 1 atom stereocenters. The fourth-order valence-corrected chi connectivity index (χ4v) is 6.80. The Morgan fingerprint density at radius 3 is 2.58 bits per heavy atom. The van der Waals surface area contributed by atoms with Gasteiger partial charge in [0.1, 0.15) is 0 Å². The van der Waals surface area contributed by atoms with Crippen LogP contribution in [0.2, 0.25) is 0 Å². The average Bonchev–Trinajstić information content (AvgIpc) is 3.67. The molecule has 0 fully saturated rings. The second-order valence-corrected chi connectivity index (χ2v) is 13.7. The van der Waals surface area contributed by atoms with Gasteiger partial charge >= 0.3 is 11.9 Å². The Morgan fingerprint density at radius 1 is 1.04 bits per heavy atom. The van der Waals surface area contributed by atoms with Crippen LogP contribution in [0.5, 0.6) is 5.75 Å². The summed E-state index contributed by atoms with van der Waals surface area (Å²) in [6.07, 6.45) is 1.45. The highest BCUT2D eigenvalue weighted by molar-refractivity contribution is 7.22. The first-order valence-corrected chi connectivity index (χ1v) is 17.4. The Bertz CT molecular complexity index is 2010. The molecule has 5 aromatic rings. The number of hydrogen-bond acceptors (Lipinski definition) is 12. The van der Waals surface area contributed by atoms with E-state index in [0.29, 0.717) is 64.4 Å². The minimum atomic E-state index is -1.18. The highest BCUT2D eigenvalue weighted by Gasteiger charge is 2.22. The normalized spacial score (nSPS) is 11.6. The summed E-state index contributed by atoms with van der Waals surface area (Å²) in [5, 5.41) is 35.5. The Hall–Kier alpha value is -5.17. The Balaban J connectivity index is 1.25. The molecule has 4 N–H and O–H groups in total. The van der Waals surface area contributed by atoms with Gasteiger partial charge in [0.15, 0.2) is 33.3 Å². The molecule has 0 spiro atoms. The number of halogens is 1. The number of aryl methyl sites for hydroxylation is 2. The molecule has 0 saturated heterocycles. The number of carboxylic acids is 2. The summed E-state index contributed by atoms with van der Waals surface area (Å²) in [6, 6.07) is 13.7. The van der Waals surface area contributed by atoms with Gasteiger partial charge in [-0.2, -0.15) is 5.10 Å². The van der Waals surface area contributed by atoms with Crippen molar-refractivity contribution >= 4 is 60.9 Å². The summed E-state index contributed by atoms with van der Waals surface area (Å²) in [4.78, 5) is 34.7. The van der Waals surface area contributed by atoms with Crippen molar-refractivity contribution in [2.75, 3.05) is 37.9 Å². The second-order valence-electron chi connectivity index (χ2n) is 11.6. The molecule has 1 unspecified atom stereocenters. The predicted octanol–water partition coefficient (Wildman–Crippen LogP) is 6.76. The molecular formula is C35H36FN7O5S2. The van der Waals surface area contributed by atoms with E-state index in [1.807, 2.05) is 56.3 Å². The number of aromatic nitrogens is 4. The fraction of sp³-hybridized carbons (Fsp3) is 0.314. The minimum absolute atomic E-state index is 0.0431. The zero-order valence-corrected chi connectivity index (χ0v) is 29.3. The van der Waals surface area contributed by atoms with Crippen LogP contribution in [0.4, 0.5) is 20.5 Å². The number of carbonyl (C=O) groups is 2. The van der Waals surface area contributed by atoms with Crippen LogP contribution in [-0.2, 0) is 11.2 Å². The van der Waals surface area contributed by atoms with Crippen molar-refractivity contribution in [3.63, 3.8) is 0 Å². The zero-order chi connectivity index (χ0) is 35.6. The molecule has 0 saturated carbocycles. The first-order valence-electron chi connectivity index (χ1n) is 15.8. The van der Waals surface area contributed by atoms with E-state index in [1.54, 1.807) is 6.07 Å². The molecule has 2 aromatic carbocycles. The van der Waals surface area contributed by atoms with Crippen molar-refractivity contribution in [2.24, 2.45) is 0 Å². The van der Waals surface area contributed by atoms with Crippen molar-refractivity contribution in [1.82, 2.24) is 25.1 Å². The molecule has 260 valence electrons. The van der Waals surface area contributed by atoms with Crippen LogP contribution < -0.4 is 15.4 Å². The van der Waals surface area contributed by atoms with Crippen LogP contribution in [0, 0.1) is 24.6 Å². The lowest BCUT2D eigenvalue weighted by Gasteiger charge is -2.18. The molecule has 12 nitrogen and oxygen atoms in total. The number of para-hydroxylation sites is 1. The summed E-state index contributed by atoms with van der Waals surface area (Å²) in [6.45, 7) is 2.60. The number of nitrogens with zero attached hydrogens (tertiary/aromatic N) is 5. The average molecular weight is 718 g/mol. The molecule has 50 heavy (non-hydrogen) atoms. The van der Waals surface area contributed by atoms with Crippen LogP contribution >= 0.6 is 22.7 Å². The van der Waals surface area contributed by atoms with Gasteiger partial charge in [0.25, 0.3) is 0 Å². The first-order chi connectivity index (χ1) is 24.0. The third-order valence-electron chi connectivity index (χ3n) is 7.33. The Labute approximate surface area is 296 Å². The monoisotopic (exact) mass is 717 g/mol. The van der Waals surface area contributed by atoms with Crippen molar-refractivity contribution in [2.45, 2.75) is 45.1 Å². The summed E-state index contributed by atoms with van der Waals surface area (Å²) in [5.74, 6) is 3.89. The van der Waals surface area contributed by atoms with E-state index in [-0.39, 0.29) is 24.5 Å². The summed E-state index contributed by atoms with van der Waals surface area (Å²) >= 11 is 2.69. The number of hydrogen-bond donors (Lipinski definition) is 4. The topological polar surface area (TPSA) is 163 Å². The van der Waals surface area contributed by atoms with Gasteiger partial charge in [-0.25, -0.2) is 19.2 Å². The molecule has 15 heteroatoms. The lowest BCUT2D eigenvalue weighted by atomic mass is 10.0. The van der Waals surface area contributed by atoms with Crippen LogP contribution in [-0.4, -0.2) is 74.5 Å². The van der Waals surface area contributed by atoms with Gasteiger partial charge in [-0.3, -0.25) is 9.69 Å². The van der Waals surface area contributed by atoms with E-state index in [1.165, 1.54) is 34.8 Å². The van der Waals surface area contributed by atoms with Gasteiger partial charge in [0, 0.05) is 16.9 Å². The number of carboxylic acid groups (broad SMARTS) is 2. The molecule has 0 aliphatic rings. The maximum atomic E-state index is 14.6. The molecule has 3 heterocycles. The van der Waals surface area contributed by atoms with Gasteiger partial charge in [-0.05, 0) is 88.7 Å². The number of nitrogens with one attached hydrogen (secondary N) is 2. The molecule has 0 aliphatic carbocycles. The van der Waals surface area contributed by atoms with Gasteiger partial charge in [0.05, 0.1) is 35.1 Å². The molecule has 5 rings (SSSR count). The van der Waals surface area contributed by atoms with Crippen molar-refractivity contribution < 1.29 is 28.9 Å². The summed E-state index contributed by atoms with van der Waals surface area (Å²) in [7, 11) is 3.80. The molecule has 0 aliphatic heterocycles. The van der Waals surface area contributed by atoms with Crippen LogP contribution in [0.1, 0.15) is 63.9 Å². The highest BCUT2D eigenvalue weighted by Crippen LogP contribution is 2.32. The van der Waals surface area contributed by atoms with Gasteiger partial charge in [0.2, 0.25) is 0 Å². The number of aromatic carboxylic acids is 1. The quantitative estimate of drug-likeness (QED) is 0.0627. The number of aliphatic carboxylic acids is 1. The predicted molar refractivity (Wildman–Crippen MR) is 192 cm³/mol. The molecule has 0 bridgehead atoms. The highest BCUT2D eigenvalue weighted by atomic mass is 32.1. The van der Waals surface area contributed by atoms with Crippen molar-refractivity contribution in [1.29, 1.82) is 0 Å². The van der Waals surface area contributed by atoms with Gasteiger partial charge in [-0.1, -0.05) is 35.3 Å². The molecule has 0 amide bonds. The lowest BCUT2D eigenvalue weighted by Crippen LogP contribution is -2.15. The minimum Gasteiger partial charge on any atom is -0.491 e. The van der Waals surface area contributed by atoms with Crippen LogP contribution in [0.3, 0.4) is 0 Å². The Kier molecular flexibility index (Phi) is 12.3. The first kappa shape index (κ1) is 36.1. The maximum absolute atomic E-state index is 14.6. The van der Waals surface area contributed by atoms with Crippen molar-refractivity contribution in [3.8, 4) is 17.6 Å². The fourth-order valence-electron chi connectivity index (χ4n) is 4.89. The number of ether oxygens (including phenoxy) is 1. The van der Waals surface area contributed by atoms with E-state index in [2.05, 4.69) is 42.6 Å². The zero-order valence-electron chi connectivity index (χ0n) is 27.7. The summed E-state index contributed by atoms with van der Waals surface area (Å²) in [5.41, 5.74) is 2.69. The number of thiazole rings is 2. The molecule has 0 radical (unpaired) electrons. The number of fused-ring (bicyclic) bond motifs is 1. The second kappa shape index (κ2) is 17.0. The van der Waals surface area contributed by atoms with E-state index in [4.69, 9.17) is 4.74 Å². The van der Waals surface area contributed by atoms with Gasteiger partial charge in [-0.15, -0.1) is 16.4 Å². The van der Waals surface area contributed by atoms with E-state index < -0.39 is 23.8 Å². The van der Waals surface area contributed by atoms with E-state index in [9.17, 15) is 24.2 Å². The number of benzene rings is 2. The largest absolute Gasteiger partial charge is 0.491 e. The van der Waals surface area contributed by atoms with E-state index >= 15 is 0 Å². The summed E-state index contributed by atoms with van der Waals surface area (Å²) < 4.78 is 21.3. The Morgan fingerprint density at radius 2 is 1.86 bits per heavy atom. The smallest absolute Gasteiger partial charge is 0.355 e. The molecular weight excluding hydrogens is 682 g/mol. The van der Waals surface area contributed by atoms with Crippen LogP contribution in [0.25, 0.3) is 10.2 Å². The SMILES string of the molecule is Cc1cc(C(CCCC(=O)O)Nc2nc(C(=O)O)c(CCCOc3ccc(C#CCN(C)C)cc3F)s2)nnc1Nc1nc2ccccc2s1. The number of rotatable bonds is 16. The molecule has 3 aromatic heterocycles. The lowest BCUT2D eigenvalue weighted by molar-refractivity contribution is -0.137. The third-order valence-corrected chi connectivity index (χ3v) is 9.32. The van der Waals surface area contributed by atoms with E-state index in [0.717, 1.165) is 15.8 Å². The third kappa shape index (κ3) is 9.94. The number of anilines is 3. The maximum Gasteiger partial charge on any atom is 0.355 e.